The van der Waals surface area contributed by atoms with Crippen molar-refractivity contribution in [2.75, 3.05) is 0 Å². The van der Waals surface area contributed by atoms with E-state index in [2.05, 4.69) is 26.6 Å². The smallest absolute Gasteiger partial charge is 0.315 e. The van der Waals surface area contributed by atoms with Crippen LogP contribution in [0.5, 0.6) is 0 Å². The summed E-state index contributed by atoms with van der Waals surface area (Å²) in [6, 6.07) is 8.47. The topological polar surface area (TPSA) is 41.1 Å². The number of hydrogen-bond acceptors (Lipinski definition) is 1. The third-order valence-electron chi connectivity index (χ3n) is 4.25. The van der Waals surface area contributed by atoms with E-state index in [1.165, 1.54) is 25.7 Å². The van der Waals surface area contributed by atoms with Gasteiger partial charge in [0.05, 0.1) is 6.04 Å². The minimum absolute atomic E-state index is 0.0200. The Morgan fingerprint density at radius 2 is 1.85 bits per heavy atom. The van der Waals surface area contributed by atoms with Crippen LogP contribution in [0.25, 0.3) is 0 Å². The lowest BCUT2D eigenvalue weighted by Gasteiger charge is -2.21. The summed E-state index contributed by atoms with van der Waals surface area (Å²) in [5.41, 5.74) is 1.11. The molecule has 0 spiro atoms. The van der Waals surface area contributed by atoms with E-state index >= 15 is 0 Å². The molecule has 2 amide bonds. The lowest BCUT2D eigenvalue weighted by Crippen LogP contribution is -2.45. The SMILES string of the molecule is C[C@H](NC(=O)NC(C1CC1)C1CC1)c1cccc(Br)c1. The van der Waals surface area contributed by atoms with Crippen LogP contribution in [-0.4, -0.2) is 12.1 Å². The van der Waals surface area contributed by atoms with E-state index in [0.29, 0.717) is 6.04 Å². The average molecular weight is 337 g/mol. The van der Waals surface area contributed by atoms with Crippen LogP contribution in [0.15, 0.2) is 28.7 Å². The van der Waals surface area contributed by atoms with E-state index in [0.717, 1.165) is 21.9 Å². The predicted molar refractivity (Wildman–Crippen MR) is 83.5 cm³/mol. The molecule has 2 N–H and O–H groups in total. The van der Waals surface area contributed by atoms with Crippen LogP contribution in [0.4, 0.5) is 4.79 Å². The Hall–Kier alpha value is -1.03. The molecule has 0 unspecified atom stereocenters. The molecule has 0 aliphatic heterocycles. The molecule has 0 aromatic heterocycles. The molecule has 0 heterocycles. The zero-order valence-corrected chi connectivity index (χ0v) is 13.3. The molecule has 0 bridgehead atoms. The van der Waals surface area contributed by atoms with Crippen molar-refractivity contribution >= 4 is 22.0 Å². The Morgan fingerprint density at radius 3 is 2.40 bits per heavy atom. The largest absolute Gasteiger partial charge is 0.335 e. The summed E-state index contributed by atoms with van der Waals surface area (Å²) in [6.45, 7) is 2.02. The fourth-order valence-corrected chi connectivity index (χ4v) is 3.20. The first-order chi connectivity index (χ1) is 9.63. The number of benzene rings is 1. The number of nitrogens with one attached hydrogen (secondary N) is 2. The van der Waals surface area contributed by atoms with Crippen molar-refractivity contribution in [3.63, 3.8) is 0 Å². The zero-order chi connectivity index (χ0) is 14.1. The molecule has 1 aromatic rings. The molecule has 0 saturated heterocycles. The van der Waals surface area contributed by atoms with Crippen LogP contribution in [-0.2, 0) is 0 Å². The van der Waals surface area contributed by atoms with Gasteiger partial charge < -0.3 is 10.6 Å². The number of rotatable bonds is 5. The van der Waals surface area contributed by atoms with Crippen LogP contribution in [0.1, 0.15) is 44.2 Å². The predicted octanol–water partition coefficient (Wildman–Crippen LogP) is 4.00. The molecule has 4 heteroatoms. The fraction of sp³-hybridized carbons (Fsp3) is 0.562. The first-order valence-electron chi connectivity index (χ1n) is 7.46. The highest BCUT2D eigenvalue weighted by atomic mass is 79.9. The minimum atomic E-state index is -0.0266. The molecule has 3 rings (SSSR count). The monoisotopic (exact) mass is 336 g/mol. The standard InChI is InChI=1S/C16H21BrN2O/c1-10(13-3-2-4-14(17)9-13)18-16(20)19-15(11-5-6-11)12-7-8-12/h2-4,9-12,15H,5-8H2,1H3,(H2,18,19,20)/t10-/m0/s1. The second-order valence-electron chi connectivity index (χ2n) is 6.10. The van der Waals surface area contributed by atoms with E-state index in [9.17, 15) is 4.79 Å². The van der Waals surface area contributed by atoms with Crippen molar-refractivity contribution in [1.82, 2.24) is 10.6 Å². The Bertz CT molecular complexity index is 485. The molecule has 2 aliphatic carbocycles. The Morgan fingerprint density at radius 1 is 1.20 bits per heavy atom. The van der Waals surface area contributed by atoms with Gasteiger partial charge in [0.15, 0.2) is 0 Å². The molecule has 1 atom stereocenters. The van der Waals surface area contributed by atoms with Crippen LogP contribution < -0.4 is 10.6 Å². The van der Waals surface area contributed by atoms with Crippen molar-refractivity contribution in [1.29, 1.82) is 0 Å². The first-order valence-corrected chi connectivity index (χ1v) is 8.25. The highest BCUT2D eigenvalue weighted by Gasteiger charge is 2.42. The molecule has 1 aromatic carbocycles. The molecular weight excluding hydrogens is 316 g/mol. The van der Waals surface area contributed by atoms with Gasteiger partial charge in [-0.1, -0.05) is 28.1 Å². The van der Waals surface area contributed by atoms with E-state index in [-0.39, 0.29) is 12.1 Å². The summed E-state index contributed by atoms with van der Waals surface area (Å²) < 4.78 is 1.04. The summed E-state index contributed by atoms with van der Waals surface area (Å²) >= 11 is 3.46. The van der Waals surface area contributed by atoms with Gasteiger partial charge in [-0.05, 0) is 62.1 Å². The Balaban J connectivity index is 1.55. The number of carbonyl (C=O) groups is 1. The van der Waals surface area contributed by atoms with Gasteiger partial charge in [0.1, 0.15) is 0 Å². The van der Waals surface area contributed by atoms with Gasteiger partial charge in [-0.15, -0.1) is 0 Å². The van der Waals surface area contributed by atoms with E-state index in [4.69, 9.17) is 0 Å². The molecule has 108 valence electrons. The molecule has 2 aliphatic rings. The Labute approximate surface area is 128 Å². The van der Waals surface area contributed by atoms with E-state index < -0.39 is 0 Å². The fourth-order valence-electron chi connectivity index (χ4n) is 2.78. The van der Waals surface area contributed by atoms with Crippen molar-refractivity contribution in [2.45, 2.75) is 44.7 Å². The maximum absolute atomic E-state index is 12.2. The summed E-state index contributed by atoms with van der Waals surface area (Å²) in [4.78, 5) is 12.2. The third-order valence-corrected chi connectivity index (χ3v) is 4.75. The number of urea groups is 1. The minimum Gasteiger partial charge on any atom is -0.335 e. The van der Waals surface area contributed by atoms with Crippen molar-refractivity contribution in [2.24, 2.45) is 11.8 Å². The van der Waals surface area contributed by atoms with Gasteiger partial charge in [0.25, 0.3) is 0 Å². The number of halogens is 1. The molecule has 2 saturated carbocycles. The number of carbonyl (C=O) groups excluding carboxylic acids is 1. The Kier molecular flexibility index (Phi) is 4.01. The van der Waals surface area contributed by atoms with E-state index in [1.807, 2.05) is 31.2 Å². The van der Waals surface area contributed by atoms with Crippen LogP contribution in [0.3, 0.4) is 0 Å². The van der Waals surface area contributed by atoms with Crippen molar-refractivity contribution in [3.8, 4) is 0 Å². The number of amides is 2. The summed E-state index contributed by atoms with van der Waals surface area (Å²) in [6.07, 6.45) is 5.12. The number of hydrogen-bond donors (Lipinski definition) is 2. The lowest BCUT2D eigenvalue weighted by atomic mass is 10.1. The molecule has 3 nitrogen and oxygen atoms in total. The lowest BCUT2D eigenvalue weighted by molar-refractivity contribution is 0.230. The van der Waals surface area contributed by atoms with Crippen LogP contribution in [0.2, 0.25) is 0 Å². The quantitative estimate of drug-likeness (QED) is 0.838. The maximum Gasteiger partial charge on any atom is 0.315 e. The van der Waals surface area contributed by atoms with Gasteiger partial charge in [0.2, 0.25) is 0 Å². The third kappa shape index (κ3) is 3.54. The van der Waals surface area contributed by atoms with Gasteiger partial charge in [-0.2, -0.15) is 0 Å². The second kappa shape index (κ2) is 5.76. The second-order valence-corrected chi connectivity index (χ2v) is 7.01. The van der Waals surface area contributed by atoms with Gasteiger partial charge >= 0.3 is 6.03 Å². The van der Waals surface area contributed by atoms with E-state index in [1.54, 1.807) is 0 Å². The normalized spacial score (nSPS) is 19.8. The maximum atomic E-state index is 12.2. The average Bonchev–Trinajstić information content (AvgIpc) is 3.28. The summed E-state index contributed by atoms with van der Waals surface area (Å²) in [7, 11) is 0. The summed E-state index contributed by atoms with van der Waals surface area (Å²) in [5.74, 6) is 1.46. The van der Waals surface area contributed by atoms with Gasteiger partial charge in [0, 0.05) is 10.5 Å². The molecule has 2 fully saturated rings. The molecule has 0 radical (unpaired) electrons. The van der Waals surface area contributed by atoms with Crippen molar-refractivity contribution in [3.05, 3.63) is 34.3 Å². The first kappa shape index (κ1) is 13.9. The van der Waals surface area contributed by atoms with Gasteiger partial charge in [-0.25, -0.2) is 4.79 Å². The highest BCUT2D eigenvalue weighted by Crippen LogP contribution is 2.44. The zero-order valence-electron chi connectivity index (χ0n) is 11.7. The molecular formula is C16H21BrN2O. The van der Waals surface area contributed by atoms with Crippen LogP contribution in [0, 0.1) is 11.8 Å². The van der Waals surface area contributed by atoms with Gasteiger partial charge in [-0.3, -0.25) is 0 Å². The van der Waals surface area contributed by atoms with Crippen LogP contribution >= 0.6 is 15.9 Å². The highest BCUT2D eigenvalue weighted by molar-refractivity contribution is 9.10. The molecule has 20 heavy (non-hydrogen) atoms. The summed E-state index contributed by atoms with van der Waals surface area (Å²) in [5, 5.41) is 6.24. The van der Waals surface area contributed by atoms with Crippen molar-refractivity contribution < 1.29 is 4.79 Å².